The first kappa shape index (κ1) is 13.4. The molecule has 2 heterocycles. The Morgan fingerprint density at radius 2 is 2.21 bits per heavy atom. The number of piperidine rings is 1. The quantitative estimate of drug-likeness (QED) is 0.852. The zero-order valence-electron chi connectivity index (χ0n) is 12.1. The topological polar surface area (TPSA) is 40.5 Å². The maximum Gasteiger partial charge on any atom is 0.223 e. The van der Waals surface area contributed by atoms with Gasteiger partial charge in [-0.25, -0.2) is 0 Å². The Labute approximate surface area is 116 Å². The molecule has 2 saturated heterocycles. The summed E-state index contributed by atoms with van der Waals surface area (Å²) >= 11 is 0. The van der Waals surface area contributed by atoms with Crippen LogP contribution in [0.3, 0.4) is 0 Å². The summed E-state index contributed by atoms with van der Waals surface area (Å²) in [5, 5.41) is 10.6. The van der Waals surface area contributed by atoms with Crippen LogP contribution in [0.25, 0.3) is 0 Å². The van der Waals surface area contributed by atoms with E-state index in [1.165, 1.54) is 25.7 Å². The van der Waals surface area contributed by atoms with Gasteiger partial charge in [0.2, 0.25) is 5.91 Å². The number of unbranched alkanes of at least 4 members (excludes halogenated alkanes) is 1. The van der Waals surface area contributed by atoms with E-state index >= 15 is 0 Å². The number of hydrogen-bond donors (Lipinski definition) is 1. The van der Waals surface area contributed by atoms with Crippen molar-refractivity contribution >= 4 is 5.91 Å². The fourth-order valence-corrected chi connectivity index (χ4v) is 5.02. The lowest BCUT2D eigenvalue weighted by atomic mass is 9.64. The number of aliphatic hydroxyl groups is 1. The zero-order valence-corrected chi connectivity index (χ0v) is 12.1. The van der Waals surface area contributed by atoms with Crippen LogP contribution in [-0.4, -0.2) is 33.6 Å². The van der Waals surface area contributed by atoms with E-state index in [0.29, 0.717) is 24.3 Å². The van der Waals surface area contributed by atoms with E-state index in [0.717, 1.165) is 32.1 Å². The van der Waals surface area contributed by atoms with Gasteiger partial charge >= 0.3 is 0 Å². The molecule has 108 valence electrons. The van der Waals surface area contributed by atoms with Gasteiger partial charge in [0.05, 0.1) is 6.10 Å². The van der Waals surface area contributed by atoms with Crippen molar-refractivity contribution in [1.82, 2.24) is 4.90 Å². The van der Waals surface area contributed by atoms with E-state index in [-0.39, 0.29) is 11.6 Å². The molecule has 3 nitrogen and oxygen atoms in total. The number of carbonyl (C=O) groups excluding carboxylic acids is 1. The molecule has 3 rings (SSSR count). The highest BCUT2D eigenvalue weighted by molar-refractivity contribution is 5.80. The van der Waals surface area contributed by atoms with Gasteiger partial charge in [0.25, 0.3) is 0 Å². The number of aliphatic hydroxyl groups excluding tert-OH is 1. The Hall–Kier alpha value is -0.570. The van der Waals surface area contributed by atoms with Gasteiger partial charge in [-0.2, -0.15) is 0 Å². The number of carbonyl (C=O) groups is 1. The Balaban J connectivity index is 1.89. The molecule has 1 saturated carbocycles. The maximum absolute atomic E-state index is 12.4. The fourth-order valence-electron chi connectivity index (χ4n) is 5.02. The molecule has 0 bridgehead atoms. The lowest BCUT2D eigenvalue weighted by Crippen LogP contribution is -2.64. The van der Waals surface area contributed by atoms with Crippen LogP contribution in [0.1, 0.15) is 71.1 Å². The predicted octanol–water partition coefficient (Wildman–Crippen LogP) is 2.86. The lowest BCUT2D eigenvalue weighted by Gasteiger charge is -2.56. The summed E-state index contributed by atoms with van der Waals surface area (Å²) < 4.78 is 0. The van der Waals surface area contributed by atoms with E-state index in [1.54, 1.807) is 0 Å². The molecule has 1 spiro atoms. The van der Waals surface area contributed by atoms with Crippen molar-refractivity contribution in [3.8, 4) is 0 Å². The molecule has 19 heavy (non-hydrogen) atoms. The molecule has 0 aromatic rings. The first-order valence-corrected chi connectivity index (χ1v) is 8.19. The third kappa shape index (κ3) is 2.01. The monoisotopic (exact) mass is 265 g/mol. The van der Waals surface area contributed by atoms with Crippen molar-refractivity contribution < 1.29 is 9.90 Å². The van der Waals surface area contributed by atoms with Gasteiger partial charge in [0.15, 0.2) is 0 Å². The number of hydrogen-bond acceptors (Lipinski definition) is 2. The van der Waals surface area contributed by atoms with Gasteiger partial charge in [0, 0.05) is 23.9 Å². The lowest BCUT2D eigenvalue weighted by molar-refractivity contribution is -0.152. The van der Waals surface area contributed by atoms with E-state index in [1.807, 2.05) is 0 Å². The number of nitrogens with zero attached hydrogens (tertiary/aromatic N) is 1. The molecule has 3 heteroatoms. The molecule has 0 aromatic carbocycles. The normalized spacial score (nSPS) is 42.1. The third-order valence-electron chi connectivity index (χ3n) is 5.82. The molecule has 1 amide bonds. The van der Waals surface area contributed by atoms with Crippen LogP contribution in [-0.2, 0) is 4.79 Å². The first-order valence-electron chi connectivity index (χ1n) is 8.19. The second kappa shape index (κ2) is 5.08. The number of amides is 1. The van der Waals surface area contributed by atoms with E-state index in [4.69, 9.17) is 0 Å². The molecule has 4 atom stereocenters. The minimum Gasteiger partial charge on any atom is -0.393 e. The van der Waals surface area contributed by atoms with Crippen molar-refractivity contribution in [1.29, 1.82) is 0 Å². The Morgan fingerprint density at radius 3 is 3.00 bits per heavy atom. The first-order chi connectivity index (χ1) is 9.19. The van der Waals surface area contributed by atoms with Crippen molar-refractivity contribution in [2.75, 3.05) is 0 Å². The second-order valence-corrected chi connectivity index (χ2v) is 6.82. The third-order valence-corrected chi connectivity index (χ3v) is 5.82. The summed E-state index contributed by atoms with van der Waals surface area (Å²) in [5.41, 5.74) is 0.0331. The van der Waals surface area contributed by atoms with Crippen molar-refractivity contribution in [2.24, 2.45) is 5.92 Å². The summed E-state index contributed by atoms with van der Waals surface area (Å²) in [6.07, 6.45) is 10.5. The van der Waals surface area contributed by atoms with Crippen molar-refractivity contribution in [3.63, 3.8) is 0 Å². The average molecular weight is 265 g/mol. The van der Waals surface area contributed by atoms with Crippen LogP contribution >= 0.6 is 0 Å². The fraction of sp³-hybridized carbons (Fsp3) is 0.938. The molecule has 3 fully saturated rings. The molecule has 1 N–H and O–H groups in total. The van der Waals surface area contributed by atoms with Crippen LogP contribution in [0.15, 0.2) is 0 Å². The highest BCUT2D eigenvalue weighted by Gasteiger charge is 2.58. The van der Waals surface area contributed by atoms with E-state index in [2.05, 4.69) is 11.8 Å². The van der Waals surface area contributed by atoms with E-state index < -0.39 is 0 Å². The SMILES string of the molecule is CCCC[C@H]1C[C@H](O)[C@H]2CCCC[C@@]23CCC(=O)N13. The molecule has 3 aliphatic rings. The van der Waals surface area contributed by atoms with Gasteiger partial charge in [-0.1, -0.05) is 32.6 Å². The highest BCUT2D eigenvalue weighted by atomic mass is 16.3. The van der Waals surface area contributed by atoms with Gasteiger partial charge < -0.3 is 10.0 Å². The van der Waals surface area contributed by atoms with E-state index in [9.17, 15) is 9.90 Å². The largest absolute Gasteiger partial charge is 0.393 e. The summed E-state index contributed by atoms with van der Waals surface area (Å²) in [5.74, 6) is 0.713. The summed E-state index contributed by atoms with van der Waals surface area (Å²) in [6, 6.07) is 0.305. The van der Waals surface area contributed by atoms with Crippen molar-refractivity contribution in [3.05, 3.63) is 0 Å². The van der Waals surface area contributed by atoms with Crippen LogP contribution < -0.4 is 0 Å². The van der Waals surface area contributed by atoms with Crippen LogP contribution in [0.5, 0.6) is 0 Å². The predicted molar refractivity (Wildman–Crippen MR) is 74.7 cm³/mol. The van der Waals surface area contributed by atoms with Gasteiger partial charge in [0.1, 0.15) is 0 Å². The maximum atomic E-state index is 12.4. The smallest absolute Gasteiger partial charge is 0.223 e. The minimum atomic E-state index is -0.177. The molecule has 2 aliphatic heterocycles. The molecular formula is C16H27NO2. The number of rotatable bonds is 3. The molecule has 0 aromatic heterocycles. The molecule has 0 radical (unpaired) electrons. The Bertz CT molecular complexity index is 357. The van der Waals surface area contributed by atoms with Crippen LogP contribution in [0.2, 0.25) is 0 Å². The van der Waals surface area contributed by atoms with Crippen LogP contribution in [0, 0.1) is 5.92 Å². The Morgan fingerprint density at radius 1 is 1.37 bits per heavy atom. The zero-order chi connectivity index (χ0) is 13.5. The second-order valence-electron chi connectivity index (χ2n) is 6.82. The summed E-state index contributed by atoms with van der Waals surface area (Å²) in [4.78, 5) is 14.6. The molecule has 1 aliphatic carbocycles. The molecular weight excluding hydrogens is 238 g/mol. The summed E-state index contributed by atoms with van der Waals surface area (Å²) in [6.45, 7) is 2.20. The van der Waals surface area contributed by atoms with Crippen LogP contribution in [0.4, 0.5) is 0 Å². The molecule has 0 unspecified atom stereocenters. The average Bonchev–Trinajstić information content (AvgIpc) is 2.74. The minimum absolute atomic E-state index is 0.0331. The standard InChI is InChI=1S/C16H27NO2/c1-2-3-6-12-11-14(18)13-7-4-5-9-16(13)10-8-15(19)17(12)16/h12-14,18H,2-11H2,1H3/t12-,13+,14-,16+/m0/s1. The van der Waals surface area contributed by atoms with Gasteiger partial charge in [-0.15, -0.1) is 0 Å². The van der Waals surface area contributed by atoms with Gasteiger partial charge in [-0.05, 0) is 32.1 Å². The van der Waals surface area contributed by atoms with Gasteiger partial charge in [-0.3, -0.25) is 4.79 Å². The summed E-state index contributed by atoms with van der Waals surface area (Å²) in [7, 11) is 0. The highest BCUT2D eigenvalue weighted by Crippen LogP contribution is 2.52. The van der Waals surface area contributed by atoms with Crippen molar-refractivity contribution in [2.45, 2.75) is 88.8 Å². The Kier molecular flexibility index (Phi) is 3.59.